The largest absolute Gasteiger partial charge is 0.385 e. The summed E-state index contributed by atoms with van der Waals surface area (Å²) in [5.41, 5.74) is 3.76. The molecular weight excluding hydrogens is 414 g/mol. The lowest BCUT2D eigenvalue weighted by Gasteiger charge is -2.11. The van der Waals surface area contributed by atoms with Crippen molar-refractivity contribution in [1.82, 2.24) is 24.1 Å². The first-order valence-corrected chi connectivity index (χ1v) is 10.4. The monoisotopic (exact) mass is 433 g/mol. The highest BCUT2D eigenvalue weighted by Crippen LogP contribution is 2.29. The number of benzene rings is 2. The van der Waals surface area contributed by atoms with Crippen LogP contribution in [0.25, 0.3) is 38.9 Å². The van der Waals surface area contributed by atoms with Crippen LogP contribution in [-0.2, 0) is 11.3 Å². The quantitative estimate of drug-likeness (QED) is 0.387. The van der Waals surface area contributed by atoms with Crippen molar-refractivity contribution in [3.8, 4) is 5.69 Å². The zero-order valence-electron chi connectivity index (χ0n) is 17.2. The summed E-state index contributed by atoms with van der Waals surface area (Å²) in [5, 5.41) is 1.04. The molecule has 156 valence electrons. The van der Waals surface area contributed by atoms with E-state index in [1.165, 1.54) is 0 Å². The molecule has 0 saturated carbocycles. The van der Waals surface area contributed by atoms with Crippen molar-refractivity contribution in [3.05, 3.63) is 69.7 Å². The van der Waals surface area contributed by atoms with E-state index < -0.39 is 0 Å². The van der Waals surface area contributed by atoms with Crippen LogP contribution in [0.5, 0.6) is 0 Å². The minimum atomic E-state index is -0.131. The Kier molecular flexibility index (Phi) is 4.92. The maximum absolute atomic E-state index is 13.6. The van der Waals surface area contributed by atoms with Gasteiger partial charge < -0.3 is 4.74 Å². The first kappa shape index (κ1) is 19.7. The average Bonchev–Trinajstić information content (AvgIpc) is 3.07. The summed E-state index contributed by atoms with van der Waals surface area (Å²) < 4.78 is 8.69. The molecule has 31 heavy (non-hydrogen) atoms. The van der Waals surface area contributed by atoms with E-state index in [9.17, 15) is 4.79 Å². The molecule has 0 bridgehead atoms. The van der Waals surface area contributed by atoms with Crippen LogP contribution in [0.2, 0.25) is 5.02 Å². The third kappa shape index (κ3) is 3.26. The molecule has 0 fully saturated rings. The lowest BCUT2D eigenvalue weighted by molar-refractivity contribution is 0.189. The lowest BCUT2D eigenvalue weighted by Crippen LogP contribution is -2.24. The Bertz CT molecular complexity index is 1510. The summed E-state index contributed by atoms with van der Waals surface area (Å²) in [6.07, 6.45) is 0.714. The van der Waals surface area contributed by atoms with Crippen molar-refractivity contribution < 1.29 is 4.74 Å². The van der Waals surface area contributed by atoms with Gasteiger partial charge in [0.05, 0.1) is 16.7 Å². The van der Waals surface area contributed by atoms with Gasteiger partial charge in [-0.1, -0.05) is 29.8 Å². The van der Waals surface area contributed by atoms with Gasteiger partial charge in [-0.05, 0) is 43.7 Å². The molecule has 3 aromatic heterocycles. The van der Waals surface area contributed by atoms with Crippen LogP contribution in [0.15, 0.2) is 53.3 Å². The summed E-state index contributed by atoms with van der Waals surface area (Å²) in [6.45, 7) is 2.93. The number of halogens is 1. The van der Waals surface area contributed by atoms with Crippen molar-refractivity contribution in [1.29, 1.82) is 0 Å². The maximum Gasteiger partial charge on any atom is 0.265 e. The third-order valence-electron chi connectivity index (χ3n) is 5.35. The van der Waals surface area contributed by atoms with E-state index in [1.54, 1.807) is 11.7 Å². The second kappa shape index (κ2) is 7.76. The number of methoxy groups -OCH3 is 1. The highest BCUT2D eigenvalue weighted by molar-refractivity contribution is 6.30. The van der Waals surface area contributed by atoms with E-state index in [1.807, 2.05) is 60.0 Å². The molecular formula is C23H20ClN5O2. The summed E-state index contributed by atoms with van der Waals surface area (Å²) in [4.78, 5) is 28.0. The molecule has 0 saturated heterocycles. The van der Waals surface area contributed by atoms with Gasteiger partial charge in [0.2, 0.25) is 0 Å². The minimum absolute atomic E-state index is 0.131. The van der Waals surface area contributed by atoms with E-state index in [4.69, 9.17) is 31.3 Å². The van der Waals surface area contributed by atoms with Crippen LogP contribution >= 0.6 is 11.6 Å². The molecule has 0 amide bonds. The summed E-state index contributed by atoms with van der Waals surface area (Å²) >= 11 is 6.27. The molecule has 0 spiro atoms. The molecule has 0 unspecified atom stereocenters. The number of fused-ring (bicyclic) bond motifs is 4. The minimum Gasteiger partial charge on any atom is -0.385 e. The number of rotatable bonds is 5. The highest BCUT2D eigenvalue weighted by atomic mass is 35.5. The van der Waals surface area contributed by atoms with Crippen molar-refractivity contribution in [3.63, 3.8) is 0 Å². The van der Waals surface area contributed by atoms with E-state index in [-0.39, 0.29) is 5.56 Å². The normalized spacial score (nSPS) is 11.7. The summed E-state index contributed by atoms with van der Waals surface area (Å²) in [7, 11) is 1.65. The van der Waals surface area contributed by atoms with Gasteiger partial charge in [-0.25, -0.2) is 15.0 Å². The Hall–Kier alpha value is -3.29. The van der Waals surface area contributed by atoms with Crippen LogP contribution in [0.3, 0.4) is 0 Å². The van der Waals surface area contributed by atoms with Crippen molar-refractivity contribution in [2.45, 2.75) is 19.9 Å². The van der Waals surface area contributed by atoms with Gasteiger partial charge in [0, 0.05) is 25.3 Å². The van der Waals surface area contributed by atoms with Crippen LogP contribution < -0.4 is 5.56 Å². The molecule has 0 aliphatic carbocycles. The number of ether oxygens (including phenoxy) is 1. The fraction of sp³-hybridized carbons (Fsp3) is 0.217. The van der Waals surface area contributed by atoms with Gasteiger partial charge in [0.15, 0.2) is 11.3 Å². The van der Waals surface area contributed by atoms with E-state index >= 15 is 0 Å². The predicted molar refractivity (Wildman–Crippen MR) is 122 cm³/mol. The summed E-state index contributed by atoms with van der Waals surface area (Å²) in [5.74, 6) is 0.629. The Labute approximate surface area is 182 Å². The van der Waals surface area contributed by atoms with Crippen molar-refractivity contribution in [2.75, 3.05) is 13.7 Å². The molecule has 7 nitrogen and oxygen atoms in total. The maximum atomic E-state index is 13.6. The Balaban J connectivity index is 1.91. The SMILES string of the molecule is COCCCn1c(C)nc2c(c1=O)c1nc3ccccc3nc1n2-c1cccc(Cl)c1. The van der Waals surface area contributed by atoms with Gasteiger partial charge in [-0.15, -0.1) is 0 Å². The van der Waals surface area contributed by atoms with Crippen LogP contribution in [0.4, 0.5) is 0 Å². The first-order chi connectivity index (χ1) is 15.1. The van der Waals surface area contributed by atoms with E-state index in [0.29, 0.717) is 52.6 Å². The number of hydrogen-bond acceptors (Lipinski definition) is 5. The average molecular weight is 434 g/mol. The van der Waals surface area contributed by atoms with Gasteiger partial charge >= 0.3 is 0 Å². The van der Waals surface area contributed by atoms with E-state index in [2.05, 4.69) is 0 Å². The molecule has 8 heteroatoms. The standard InChI is InChI=1S/C23H20ClN5O2/c1-14-25-21-19(23(30)28(14)11-6-12-31-2)20-22(27-18-10-4-3-9-17(18)26-20)29(21)16-8-5-7-15(24)13-16/h3-5,7-10,13H,6,11-12H2,1-2H3. The van der Waals surface area contributed by atoms with E-state index in [0.717, 1.165) is 16.7 Å². The van der Waals surface area contributed by atoms with Gasteiger partial charge in [0.25, 0.3) is 5.56 Å². The number of aryl methyl sites for hydroxylation is 1. The molecule has 0 aliphatic heterocycles. The van der Waals surface area contributed by atoms with Crippen molar-refractivity contribution in [2.24, 2.45) is 0 Å². The van der Waals surface area contributed by atoms with Crippen LogP contribution in [0.1, 0.15) is 12.2 Å². The number of para-hydroxylation sites is 2. The fourth-order valence-electron chi connectivity index (χ4n) is 3.92. The molecule has 3 heterocycles. The molecule has 5 aromatic rings. The highest BCUT2D eigenvalue weighted by Gasteiger charge is 2.22. The van der Waals surface area contributed by atoms with Gasteiger partial charge in [-0.2, -0.15) is 0 Å². The zero-order chi connectivity index (χ0) is 21.5. The lowest BCUT2D eigenvalue weighted by atomic mass is 10.3. The smallest absolute Gasteiger partial charge is 0.265 e. The molecule has 0 atom stereocenters. The number of nitrogens with zero attached hydrogens (tertiary/aromatic N) is 5. The second-order valence-electron chi connectivity index (χ2n) is 7.36. The Morgan fingerprint density at radius 3 is 2.52 bits per heavy atom. The predicted octanol–water partition coefficient (Wildman–Crippen LogP) is 4.28. The van der Waals surface area contributed by atoms with Crippen molar-refractivity contribution >= 4 is 44.8 Å². The number of aromatic nitrogens is 5. The van der Waals surface area contributed by atoms with Crippen LogP contribution in [-0.4, -0.2) is 37.8 Å². The summed E-state index contributed by atoms with van der Waals surface area (Å²) in [6, 6.07) is 15.0. The molecule has 0 radical (unpaired) electrons. The third-order valence-corrected chi connectivity index (χ3v) is 5.59. The topological polar surface area (TPSA) is 74.8 Å². The van der Waals surface area contributed by atoms with Gasteiger partial charge in [-0.3, -0.25) is 13.9 Å². The van der Waals surface area contributed by atoms with Gasteiger partial charge in [0.1, 0.15) is 16.7 Å². The Morgan fingerprint density at radius 1 is 1.00 bits per heavy atom. The Morgan fingerprint density at radius 2 is 1.77 bits per heavy atom. The zero-order valence-corrected chi connectivity index (χ0v) is 17.9. The molecule has 2 aromatic carbocycles. The fourth-order valence-corrected chi connectivity index (χ4v) is 4.11. The molecule has 0 N–H and O–H groups in total. The number of hydrogen-bond donors (Lipinski definition) is 0. The first-order valence-electron chi connectivity index (χ1n) is 10.0. The molecule has 0 aliphatic rings. The van der Waals surface area contributed by atoms with Crippen LogP contribution in [0, 0.1) is 6.92 Å². The second-order valence-corrected chi connectivity index (χ2v) is 7.80. The molecule has 5 rings (SSSR count).